The normalized spacial score (nSPS) is 21.5. The summed E-state index contributed by atoms with van der Waals surface area (Å²) < 4.78 is 22.4. The minimum atomic E-state index is -4.41. The molecule has 27 heavy (non-hydrogen) atoms. The molecule has 1 aliphatic rings. The molecule has 0 bridgehead atoms. The molecule has 0 aromatic carbocycles. The molecule has 168 valence electrons. The molecule has 1 heterocycles. The molecular formula is C12H31ClN4NiO7P2. The minimum Gasteiger partial charge on any atom is -1.00 e. The fourth-order valence-electron chi connectivity index (χ4n) is 2.58. The molecule has 0 spiro atoms. The van der Waals surface area contributed by atoms with Crippen molar-refractivity contribution in [1.82, 2.24) is 20.4 Å². The number of hydrogen-bond acceptors (Lipinski definition) is 7. The van der Waals surface area contributed by atoms with Gasteiger partial charge in [0, 0.05) is 32.7 Å². The molecule has 15 heteroatoms. The minimum absolute atomic E-state index is 0. The van der Waals surface area contributed by atoms with Crippen LogP contribution in [-0.2, 0) is 25.6 Å². The van der Waals surface area contributed by atoms with E-state index < -0.39 is 21.5 Å². The monoisotopic (exact) mass is 498 g/mol. The van der Waals surface area contributed by atoms with Crippen LogP contribution < -0.4 is 27.9 Å². The Bertz CT molecular complexity index is 417. The molecule has 7 N–H and O–H groups in total. The van der Waals surface area contributed by atoms with Crippen LogP contribution in [0.4, 0.5) is 0 Å². The Hall–Kier alpha value is 0.884. The molecule has 1 rings (SSSR count). The molecule has 1 atom stereocenters. The van der Waals surface area contributed by atoms with Crippen LogP contribution in [0.3, 0.4) is 0 Å². The van der Waals surface area contributed by atoms with Crippen LogP contribution in [0.25, 0.3) is 0 Å². The molecule has 1 aliphatic heterocycles. The second-order valence-corrected chi connectivity index (χ2v) is 9.20. The number of halogens is 1. The van der Waals surface area contributed by atoms with Crippen LogP contribution in [0.5, 0.6) is 0 Å². The molecule has 0 aromatic rings. The fourth-order valence-corrected chi connectivity index (χ4v) is 4.18. The third-order valence-electron chi connectivity index (χ3n) is 3.63. The summed E-state index contributed by atoms with van der Waals surface area (Å²) in [6.07, 6.45) is 0.660. The Morgan fingerprint density at radius 2 is 1.22 bits per heavy atom. The van der Waals surface area contributed by atoms with Crippen molar-refractivity contribution < 1.29 is 63.1 Å². The van der Waals surface area contributed by atoms with Crippen molar-refractivity contribution in [3.63, 3.8) is 0 Å². The van der Waals surface area contributed by atoms with Crippen LogP contribution in [-0.4, -0.2) is 94.9 Å². The van der Waals surface area contributed by atoms with Crippen molar-refractivity contribution in [2.75, 3.05) is 64.9 Å². The molecule has 1 unspecified atom stereocenters. The van der Waals surface area contributed by atoms with Gasteiger partial charge < -0.3 is 52.7 Å². The number of hydrogen-bond donors (Lipinski definition) is 5. The van der Waals surface area contributed by atoms with E-state index in [9.17, 15) is 23.8 Å². The Kier molecular flexibility index (Phi) is 20.1. The first-order valence-corrected chi connectivity index (χ1v) is 11.7. The summed E-state index contributed by atoms with van der Waals surface area (Å²) in [4.78, 5) is 41.9. The summed E-state index contributed by atoms with van der Waals surface area (Å²) in [5.41, 5.74) is 0. The zero-order valence-electron chi connectivity index (χ0n) is 15.0. The van der Waals surface area contributed by atoms with E-state index in [0.29, 0.717) is 26.2 Å². The van der Waals surface area contributed by atoms with Gasteiger partial charge in [-0.2, -0.15) is 0 Å². The summed E-state index contributed by atoms with van der Waals surface area (Å²) in [5.74, 6) is 0. The van der Waals surface area contributed by atoms with Gasteiger partial charge >= 0.3 is 24.1 Å². The van der Waals surface area contributed by atoms with E-state index >= 15 is 0 Å². The molecule has 0 amide bonds. The molecular weight excluding hydrogens is 468 g/mol. The zero-order chi connectivity index (χ0) is 18.1. The maximum absolute atomic E-state index is 11.3. The third kappa shape index (κ3) is 20.0. The maximum atomic E-state index is 11.3. The van der Waals surface area contributed by atoms with E-state index in [1.165, 1.54) is 0 Å². The fraction of sp³-hybridized carbons (Fsp3) is 1.00. The van der Waals surface area contributed by atoms with E-state index in [2.05, 4.69) is 10.6 Å². The average Bonchev–Trinajstić information content (AvgIpc) is 2.42. The third-order valence-corrected chi connectivity index (χ3v) is 5.16. The van der Waals surface area contributed by atoms with Gasteiger partial charge in [0.15, 0.2) is 0 Å². The second kappa shape index (κ2) is 16.7. The van der Waals surface area contributed by atoms with Gasteiger partial charge in [-0.15, -0.1) is 0 Å². The predicted octanol–water partition coefficient (Wildman–Crippen LogP) is -5.62. The number of nitrogens with zero attached hydrogens (tertiary/aromatic N) is 2. The first-order valence-electron chi connectivity index (χ1n) is 8.09. The van der Waals surface area contributed by atoms with E-state index in [-0.39, 0.29) is 40.7 Å². The van der Waals surface area contributed by atoms with Crippen molar-refractivity contribution in [3.8, 4) is 0 Å². The quantitative estimate of drug-likeness (QED) is 0.185. The van der Waals surface area contributed by atoms with Gasteiger partial charge in [-0.3, -0.25) is 14.4 Å². The van der Waals surface area contributed by atoms with Crippen LogP contribution in [0.2, 0.25) is 0 Å². The van der Waals surface area contributed by atoms with Crippen LogP contribution >= 0.6 is 15.2 Å². The van der Waals surface area contributed by atoms with Gasteiger partial charge in [-0.25, -0.2) is 0 Å². The number of nitrogens with one attached hydrogen (secondary N) is 2. The largest absolute Gasteiger partial charge is 2.00 e. The van der Waals surface area contributed by atoms with Gasteiger partial charge in [0.25, 0.3) is 0 Å². The van der Waals surface area contributed by atoms with Crippen molar-refractivity contribution in [2.45, 2.75) is 12.8 Å². The molecule has 1 fully saturated rings. The first kappa shape index (κ1) is 32.5. The second-order valence-electron chi connectivity index (χ2n) is 6.03. The predicted molar refractivity (Wildman–Crippen MR) is 93.3 cm³/mol. The van der Waals surface area contributed by atoms with Crippen LogP contribution in [0.15, 0.2) is 0 Å². The van der Waals surface area contributed by atoms with Gasteiger partial charge in [0.2, 0.25) is 0 Å². The van der Waals surface area contributed by atoms with Gasteiger partial charge in [-0.1, -0.05) is 0 Å². The Morgan fingerprint density at radius 3 is 1.59 bits per heavy atom. The van der Waals surface area contributed by atoms with Gasteiger partial charge in [-0.05, 0) is 32.5 Å². The maximum Gasteiger partial charge on any atom is 2.00 e. The Labute approximate surface area is 176 Å². The van der Waals surface area contributed by atoms with E-state index in [1.807, 2.05) is 0 Å². The molecule has 0 radical (unpaired) electrons. The van der Waals surface area contributed by atoms with Crippen molar-refractivity contribution in [3.05, 3.63) is 0 Å². The van der Waals surface area contributed by atoms with E-state index in [4.69, 9.17) is 4.89 Å². The Morgan fingerprint density at radius 1 is 0.815 bits per heavy atom. The van der Waals surface area contributed by atoms with Crippen LogP contribution in [0.1, 0.15) is 12.8 Å². The molecule has 11 nitrogen and oxygen atoms in total. The molecule has 1 saturated heterocycles. The summed E-state index contributed by atoms with van der Waals surface area (Å²) in [5, 5.41) is 6.51. The average molecular weight is 499 g/mol. The summed E-state index contributed by atoms with van der Waals surface area (Å²) in [6.45, 7) is 4.72. The zero-order valence-corrected chi connectivity index (χ0v) is 18.6. The van der Waals surface area contributed by atoms with E-state index in [0.717, 1.165) is 39.0 Å². The smallest absolute Gasteiger partial charge is 1.00 e. The molecule has 0 saturated carbocycles. The summed E-state index contributed by atoms with van der Waals surface area (Å²) >= 11 is 0. The Balaban J connectivity index is -0.00000192. The van der Waals surface area contributed by atoms with Crippen LogP contribution in [0, 0.1) is 0 Å². The van der Waals surface area contributed by atoms with Gasteiger partial charge in [0.05, 0.1) is 6.29 Å². The van der Waals surface area contributed by atoms with Crippen molar-refractivity contribution >= 4 is 15.2 Å². The first-order chi connectivity index (χ1) is 11.2. The van der Waals surface area contributed by atoms with E-state index in [1.54, 1.807) is 9.80 Å². The topological polar surface area (TPSA) is 180 Å². The molecule has 0 aliphatic carbocycles. The summed E-state index contributed by atoms with van der Waals surface area (Å²) in [6, 6.07) is 0. The number of rotatable bonds is 4. The van der Waals surface area contributed by atoms with Crippen molar-refractivity contribution in [1.29, 1.82) is 0 Å². The standard InChI is InChI=1S/C12H30N4O6P2.ClH.Ni.H2O/c17-23(18,19)11-15-7-1-3-13-5-6-14-4-2-8-16(10-9-15)12-24(20,21)22;;;/h13-14H,1-12H2,(H2,17,18,19)(H2,20,21,22);1H;;1H2/q;;+2;/p-2. The van der Waals surface area contributed by atoms with Crippen molar-refractivity contribution in [2.24, 2.45) is 0 Å². The SMILES string of the molecule is O.O=P([O-])(O)CN1CCCNCCNCCCN(CP(=O)(O)O)CC1.[Cl-].[Ni+2]. The molecule has 0 aromatic heterocycles. The summed E-state index contributed by atoms with van der Waals surface area (Å²) in [7, 11) is -8.59. The van der Waals surface area contributed by atoms with Gasteiger partial charge in [0.1, 0.15) is 13.9 Å².